The molecule has 14 heteroatoms. The lowest BCUT2D eigenvalue weighted by atomic mass is 10.0. The van der Waals surface area contributed by atoms with Gasteiger partial charge in [0.25, 0.3) is 0 Å². The van der Waals surface area contributed by atoms with E-state index < -0.39 is 5.97 Å². The second kappa shape index (κ2) is 31.8. The highest BCUT2D eigenvalue weighted by molar-refractivity contribution is 5.98. The van der Waals surface area contributed by atoms with Crippen molar-refractivity contribution in [3.63, 3.8) is 0 Å². The third-order valence-corrected chi connectivity index (χ3v) is 16.3. The van der Waals surface area contributed by atoms with Gasteiger partial charge in [-0.3, -0.25) is 14.8 Å². The van der Waals surface area contributed by atoms with Gasteiger partial charge >= 0.3 is 5.97 Å². The van der Waals surface area contributed by atoms with Crippen LogP contribution in [-0.4, -0.2) is 155 Å². The number of aromatic carboxylic acids is 1. The molecule has 4 aliphatic rings. The van der Waals surface area contributed by atoms with Crippen molar-refractivity contribution in [3.05, 3.63) is 108 Å². The average Bonchev–Trinajstić information content (AvgIpc) is 3.57. The van der Waals surface area contributed by atoms with Crippen LogP contribution in [0.3, 0.4) is 0 Å². The van der Waals surface area contributed by atoms with E-state index in [0.717, 1.165) is 137 Å². The number of benzene rings is 2. The van der Waals surface area contributed by atoms with Crippen molar-refractivity contribution in [1.29, 1.82) is 0 Å². The number of Topliss-reactive ketones (excluding diaryl/α,β-unsaturated/α-hetero) is 1. The molecular weight excluding hydrogens is 983 g/mol. The number of hydrogen-bond donors (Lipinski definition) is 4. The summed E-state index contributed by atoms with van der Waals surface area (Å²) in [5.74, 6) is -0.685. The minimum absolute atomic E-state index is 0.240. The van der Waals surface area contributed by atoms with Crippen molar-refractivity contribution in [3.8, 4) is 22.5 Å². The smallest absolute Gasteiger partial charge is 0.335 e. The lowest BCUT2D eigenvalue weighted by Gasteiger charge is -2.26. The van der Waals surface area contributed by atoms with Crippen LogP contribution in [0.2, 0.25) is 0 Å². The molecular formula is C65H91N11O3. The number of fused-ring (bicyclic) bond motifs is 2. The van der Waals surface area contributed by atoms with Crippen LogP contribution in [0.25, 0.3) is 44.3 Å². The Balaban J connectivity index is 0.000000181. The number of piperidine rings is 4. The average molecular weight is 1070 g/mol. The molecule has 0 bridgehead atoms. The van der Waals surface area contributed by atoms with E-state index in [1.54, 1.807) is 12.1 Å². The molecule has 0 aliphatic carbocycles. The summed E-state index contributed by atoms with van der Waals surface area (Å²) < 4.78 is 0. The van der Waals surface area contributed by atoms with E-state index in [4.69, 9.17) is 20.8 Å². The fourth-order valence-corrected chi connectivity index (χ4v) is 11.6. The van der Waals surface area contributed by atoms with Gasteiger partial charge in [-0.05, 0) is 218 Å². The van der Waals surface area contributed by atoms with Crippen molar-refractivity contribution in [2.24, 2.45) is 5.73 Å². The zero-order valence-electron chi connectivity index (χ0n) is 47.8. The Morgan fingerprint density at radius 2 is 0.873 bits per heavy atom. The summed E-state index contributed by atoms with van der Waals surface area (Å²) >= 11 is 0. The van der Waals surface area contributed by atoms with E-state index in [-0.39, 0.29) is 11.3 Å². The number of unbranched alkanes of at least 4 members (excludes halogenated alkanes) is 1. The SMILES string of the molecule is Cc1cncc2c(NCCCN3CCCCC3)cc(-c3ccc(C(=O)CCCCN4CCCCC4)cc3)nc12.Cc1cncc2c(NCCCN3CCCCC3)cc(-c3ccc(C(=O)O)cc3)nc12.NCCCN1CCCCC1. The molecule has 4 saturated heterocycles. The summed E-state index contributed by atoms with van der Waals surface area (Å²) in [5, 5.41) is 18.5. The number of rotatable bonds is 22. The molecule has 2 aromatic carbocycles. The van der Waals surface area contributed by atoms with Crippen LogP contribution in [0, 0.1) is 13.8 Å². The summed E-state index contributed by atoms with van der Waals surface area (Å²) in [5.41, 5.74) is 16.3. The Labute approximate surface area is 471 Å². The van der Waals surface area contributed by atoms with E-state index >= 15 is 0 Å². The quantitative estimate of drug-likeness (QED) is 0.0374. The van der Waals surface area contributed by atoms with Crippen LogP contribution in [0.15, 0.2) is 85.5 Å². The normalized spacial score (nSPS) is 16.6. The third-order valence-electron chi connectivity index (χ3n) is 16.3. The number of carbonyl (C=O) groups is 2. The first-order chi connectivity index (χ1) is 38.7. The zero-order valence-corrected chi connectivity index (χ0v) is 47.8. The van der Waals surface area contributed by atoms with Gasteiger partial charge in [0.15, 0.2) is 5.78 Å². The van der Waals surface area contributed by atoms with Crippen molar-refractivity contribution in [2.45, 2.75) is 129 Å². The molecule has 0 unspecified atom stereocenters. The first-order valence-corrected chi connectivity index (χ1v) is 30.3. The van der Waals surface area contributed by atoms with Gasteiger partial charge in [0.1, 0.15) is 0 Å². The second-order valence-electron chi connectivity index (χ2n) is 22.5. The van der Waals surface area contributed by atoms with E-state index in [1.165, 1.54) is 142 Å². The van der Waals surface area contributed by atoms with E-state index in [1.807, 2.05) is 74.2 Å². The number of anilines is 2. The number of carbonyl (C=O) groups excluding carboxylic acids is 1. The number of ketones is 1. The molecule has 4 aliphatic heterocycles. The predicted molar refractivity (Wildman–Crippen MR) is 326 cm³/mol. The Morgan fingerprint density at radius 1 is 0.494 bits per heavy atom. The lowest BCUT2D eigenvalue weighted by molar-refractivity contribution is 0.0696. The van der Waals surface area contributed by atoms with Gasteiger partial charge in [0.2, 0.25) is 0 Å². The molecule has 4 fully saturated rings. The van der Waals surface area contributed by atoms with E-state index in [9.17, 15) is 9.59 Å². The molecule has 0 saturated carbocycles. The summed E-state index contributed by atoms with van der Waals surface area (Å²) in [6, 6.07) is 19.1. The minimum atomic E-state index is -0.925. The highest BCUT2D eigenvalue weighted by Gasteiger charge is 2.17. The molecule has 79 heavy (non-hydrogen) atoms. The number of pyridine rings is 4. The van der Waals surface area contributed by atoms with Gasteiger partial charge in [0, 0.05) is 83.1 Å². The van der Waals surface area contributed by atoms with Gasteiger partial charge in [-0.2, -0.15) is 0 Å². The Morgan fingerprint density at radius 3 is 1.27 bits per heavy atom. The molecule has 424 valence electrons. The topological polar surface area (TPSA) is 169 Å². The number of nitrogens with two attached hydrogens (primary N) is 1. The van der Waals surface area contributed by atoms with Gasteiger partial charge < -0.3 is 41.1 Å². The highest BCUT2D eigenvalue weighted by atomic mass is 16.4. The Kier molecular flexibility index (Phi) is 23.8. The number of nitrogens with one attached hydrogen (secondary N) is 2. The van der Waals surface area contributed by atoms with Crippen LogP contribution >= 0.6 is 0 Å². The van der Waals surface area contributed by atoms with Gasteiger partial charge in [0.05, 0.1) is 28.0 Å². The molecule has 5 N–H and O–H groups in total. The molecule has 4 aromatic heterocycles. The minimum Gasteiger partial charge on any atom is -0.478 e. The van der Waals surface area contributed by atoms with Crippen LogP contribution in [-0.2, 0) is 0 Å². The van der Waals surface area contributed by atoms with Crippen LogP contribution in [0.4, 0.5) is 11.4 Å². The molecule has 14 nitrogen and oxygen atoms in total. The van der Waals surface area contributed by atoms with Crippen molar-refractivity contribution >= 4 is 44.9 Å². The van der Waals surface area contributed by atoms with Crippen molar-refractivity contribution in [2.75, 3.05) is 109 Å². The maximum absolute atomic E-state index is 12.8. The van der Waals surface area contributed by atoms with Crippen molar-refractivity contribution in [1.82, 2.24) is 39.5 Å². The summed E-state index contributed by atoms with van der Waals surface area (Å²) in [7, 11) is 0. The molecule has 0 atom stereocenters. The number of aryl methyl sites for hydroxylation is 2. The second-order valence-corrected chi connectivity index (χ2v) is 22.5. The standard InChI is InChI=1S/C33H45N5O.C24H28N4O2.C8H18N2/c1-26-24-34-25-29-31(35-16-10-22-38-19-7-3-8-20-38)23-30(36-33(26)29)27-12-14-28(15-13-27)32(39)11-4-9-21-37-17-5-2-6-18-37;1-17-15-25-16-20-22(26-10-5-13-28-11-3-2-4-12-28)14-21(27-23(17)20)18-6-8-19(9-7-18)24(29)30;9-5-4-8-10-6-2-1-3-7-10/h12-15,23-25H,2-11,16-22H2,1H3,(H,35,36);6-9,14-16H,2-5,10-13H2,1H3,(H,26,27)(H,29,30);1-9H2. The molecule has 0 radical (unpaired) electrons. The molecule has 0 spiro atoms. The fourth-order valence-electron chi connectivity index (χ4n) is 11.6. The third kappa shape index (κ3) is 18.3. The fraction of sp³-hybridized carbons (Fsp3) is 0.538. The zero-order chi connectivity index (χ0) is 55.0. The number of nitrogens with zero attached hydrogens (tertiary/aromatic N) is 8. The summed E-state index contributed by atoms with van der Waals surface area (Å²) in [6.45, 7) is 21.3. The summed E-state index contributed by atoms with van der Waals surface area (Å²) in [4.78, 5) is 52.8. The van der Waals surface area contributed by atoms with Crippen LogP contribution in [0.1, 0.15) is 147 Å². The van der Waals surface area contributed by atoms with E-state index in [0.29, 0.717) is 6.42 Å². The van der Waals surface area contributed by atoms with E-state index in [2.05, 4.69) is 53.2 Å². The Hall–Kier alpha value is -5.90. The highest BCUT2D eigenvalue weighted by Crippen LogP contribution is 2.32. The monoisotopic (exact) mass is 1070 g/mol. The maximum atomic E-state index is 12.8. The van der Waals surface area contributed by atoms with Crippen LogP contribution in [0.5, 0.6) is 0 Å². The van der Waals surface area contributed by atoms with Gasteiger partial charge in [-0.1, -0.05) is 62.1 Å². The molecule has 8 heterocycles. The first-order valence-electron chi connectivity index (χ1n) is 30.3. The molecule has 6 aromatic rings. The Bertz CT molecular complexity index is 2800. The largest absolute Gasteiger partial charge is 0.478 e. The number of likely N-dealkylation sites (tertiary alicyclic amines) is 4. The number of hydrogen-bond acceptors (Lipinski definition) is 13. The number of aromatic nitrogens is 4. The molecule has 0 amide bonds. The summed E-state index contributed by atoms with van der Waals surface area (Å²) in [6.07, 6.45) is 29.8. The van der Waals surface area contributed by atoms with Gasteiger partial charge in [-0.25, -0.2) is 14.8 Å². The van der Waals surface area contributed by atoms with Crippen LogP contribution < -0.4 is 16.4 Å². The maximum Gasteiger partial charge on any atom is 0.335 e. The van der Waals surface area contributed by atoms with Gasteiger partial charge in [-0.15, -0.1) is 0 Å². The first kappa shape index (κ1) is 59.2. The predicted octanol–water partition coefficient (Wildman–Crippen LogP) is 12.1. The van der Waals surface area contributed by atoms with Crippen molar-refractivity contribution < 1.29 is 14.7 Å². The lowest BCUT2D eigenvalue weighted by Crippen LogP contribution is -2.31. The number of carboxylic acid groups (broad SMARTS) is 1. The number of carboxylic acids is 1. The molecule has 10 rings (SSSR count).